The van der Waals surface area contributed by atoms with Crippen LogP contribution in [0.4, 0.5) is 5.69 Å². The molecule has 0 unspecified atom stereocenters. The standard InChI is InChI=1S/C14H15N5O2/c15-6-10-7-17-13-11(3-4-16-13)12(10)18-19-5-1-2-9(8-19)14(20)21/h3-4,7,9H,1-2,5,8H2,(H,20,21)(H2,16,17,18)/t9-/m0/s1. The van der Waals surface area contributed by atoms with Crippen LogP contribution in [0.2, 0.25) is 0 Å². The summed E-state index contributed by atoms with van der Waals surface area (Å²) in [6, 6.07) is 3.97. The lowest BCUT2D eigenvalue weighted by molar-refractivity contribution is -0.143. The molecule has 1 aliphatic rings. The first kappa shape index (κ1) is 13.4. The number of carbonyl (C=O) groups is 1. The van der Waals surface area contributed by atoms with Gasteiger partial charge < -0.3 is 15.5 Å². The minimum atomic E-state index is -0.775. The zero-order chi connectivity index (χ0) is 14.8. The van der Waals surface area contributed by atoms with E-state index in [1.807, 2.05) is 11.1 Å². The Balaban J connectivity index is 1.89. The van der Waals surface area contributed by atoms with E-state index < -0.39 is 5.97 Å². The maximum atomic E-state index is 11.1. The molecule has 1 aliphatic heterocycles. The van der Waals surface area contributed by atoms with Crippen LogP contribution >= 0.6 is 0 Å². The molecule has 0 radical (unpaired) electrons. The van der Waals surface area contributed by atoms with Gasteiger partial charge in [-0.15, -0.1) is 0 Å². The number of H-pyrrole nitrogens is 1. The van der Waals surface area contributed by atoms with Crippen LogP contribution < -0.4 is 5.43 Å². The van der Waals surface area contributed by atoms with E-state index in [1.165, 1.54) is 6.20 Å². The van der Waals surface area contributed by atoms with Crippen LogP contribution in [0.1, 0.15) is 18.4 Å². The van der Waals surface area contributed by atoms with Crippen molar-refractivity contribution < 1.29 is 9.90 Å². The number of rotatable bonds is 3. The highest BCUT2D eigenvalue weighted by Gasteiger charge is 2.26. The Morgan fingerprint density at radius 1 is 1.62 bits per heavy atom. The summed E-state index contributed by atoms with van der Waals surface area (Å²) in [5.74, 6) is -1.15. The molecule has 108 valence electrons. The van der Waals surface area contributed by atoms with Gasteiger partial charge in [-0.2, -0.15) is 5.26 Å². The Labute approximate surface area is 121 Å². The van der Waals surface area contributed by atoms with Crippen molar-refractivity contribution in [2.24, 2.45) is 5.92 Å². The second kappa shape index (κ2) is 5.42. The van der Waals surface area contributed by atoms with Gasteiger partial charge in [0, 0.05) is 30.9 Å². The van der Waals surface area contributed by atoms with Crippen LogP contribution in [0, 0.1) is 17.2 Å². The second-order valence-corrected chi connectivity index (χ2v) is 5.13. The SMILES string of the molecule is N#Cc1cnc2[nH]ccc2c1NN1CCC[C@H](C(=O)O)C1. The number of hydrogen-bond donors (Lipinski definition) is 3. The van der Waals surface area contributed by atoms with Gasteiger partial charge in [0.15, 0.2) is 0 Å². The van der Waals surface area contributed by atoms with E-state index in [-0.39, 0.29) is 5.92 Å². The highest BCUT2D eigenvalue weighted by Crippen LogP contribution is 2.27. The first-order chi connectivity index (χ1) is 10.2. The minimum absolute atomic E-state index is 0.375. The van der Waals surface area contributed by atoms with Crippen LogP contribution in [0.25, 0.3) is 11.0 Å². The fourth-order valence-corrected chi connectivity index (χ4v) is 2.65. The quantitative estimate of drug-likeness (QED) is 0.790. The van der Waals surface area contributed by atoms with Gasteiger partial charge in [0.2, 0.25) is 0 Å². The number of aromatic amines is 1. The van der Waals surface area contributed by atoms with E-state index >= 15 is 0 Å². The Morgan fingerprint density at radius 3 is 3.24 bits per heavy atom. The third-order valence-corrected chi connectivity index (χ3v) is 3.75. The van der Waals surface area contributed by atoms with Crippen molar-refractivity contribution >= 4 is 22.7 Å². The summed E-state index contributed by atoms with van der Waals surface area (Å²) in [7, 11) is 0. The first-order valence-corrected chi connectivity index (χ1v) is 6.79. The third kappa shape index (κ3) is 2.53. The molecule has 3 heterocycles. The molecular weight excluding hydrogens is 270 g/mol. The molecule has 1 atom stereocenters. The third-order valence-electron chi connectivity index (χ3n) is 3.75. The zero-order valence-corrected chi connectivity index (χ0v) is 11.3. The van der Waals surface area contributed by atoms with Crippen molar-refractivity contribution in [2.45, 2.75) is 12.8 Å². The van der Waals surface area contributed by atoms with Crippen molar-refractivity contribution in [3.05, 3.63) is 24.0 Å². The minimum Gasteiger partial charge on any atom is -0.481 e. The van der Waals surface area contributed by atoms with Gasteiger partial charge in [0.05, 0.1) is 17.2 Å². The number of pyridine rings is 1. The molecule has 0 spiro atoms. The lowest BCUT2D eigenvalue weighted by Crippen LogP contribution is -2.42. The molecule has 1 fully saturated rings. The second-order valence-electron chi connectivity index (χ2n) is 5.13. The summed E-state index contributed by atoms with van der Waals surface area (Å²) in [4.78, 5) is 18.3. The molecule has 2 aromatic heterocycles. The normalized spacial score (nSPS) is 19.3. The van der Waals surface area contributed by atoms with Gasteiger partial charge >= 0.3 is 5.97 Å². The number of nitrogens with one attached hydrogen (secondary N) is 2. The Kier molecular flexibility index (Phi) is 3.46. The summed E-state index contributed by atoms with van der Waals surface area (Å²) >= 11 is 0. The number of aliphatic carboxylic acids is 1. The molecule has 0 amide bonds. The summed E-state index contributed by atoms with van der Waals surface area (Å²) < 4.78 is 0. The number of anilines is 1. The number of aromatic nitrogens is 2. The number of carboxylic acid groups (broad SMARTS) is 1. The van der Waals surface area contributed by atoms with E-state index in [0.717, 1.165) is 18.4 Å². The first-order valence-electron chi connectivity index (χ1n) is 6.79. The van der Waals surface area contributed by atoms with Crippen LogP contribution in [-0.2, 0) is 4.79 Å². The molecule has 3 N–H and O–H groups in total. The summed E-state index contributed by atoms with van der Waals surface area (Å²) in [6.07, 6.45) is 4.78. The van der Waals surface area contributed by atoms with Crippen molar-refractivity contribution in [2.75, 3.05) is 18.5 Å². The van der Waals surface area contributed by atoms with Gasteiger partial charge in [-0.25, -0.2) is 9.99 Å². The number of fused-ring (bicyclic) bond motifs is 1. The molecule has 0 bridgehead atoms. The van der Waals surface area contributed by atoms with E-state index in [0.29, 0.717) is 29.9 Å². The number of piperidine rings is 1. The molecule has 7 heteroatoms. The van der Waals surface area contributed by atoms with E-state index in [9.17, 15) is 10.1 Å². The van der Waals surface area contributed by atoms with E-state index in [1.54, 1.807) is 6.20 Å². The maximum Gasteiger partial charge on any atom is 0.307 e. The van der Waals surface area contributed by atoms with Gasteiger partial charge in [-0.3, -0.25) is 4.79 Å². The molecule has 0 saturated carbocycles. The summed E-state index contributed by atoms with van der Waals surface area (Å²) in [5, 5.41) is 21.1. The topological polar surface area (TPSA) is 105 Å². The van der Waals surface area contributed by atoms with Gasteiger partial charge in [0.1, 0.15) is 11.7 Å². The van der Waals surface area contributed by atoms with Crippen LogP contribution in [0.5, 0.6) is 0 Å². The van der Waals surface area contributed by atoms with Gasteiger partial charge in [0.25, 0.3) is 0 Å². The number of carboxylic acids is 1. The van der Waals surface area contributed by atoms with Gasteiger partial charge in [-0.1, -0.05) is 0 Å². The highest BCUT2D eigenvalue weighted by molar-refractivity contribution is 5.92. The Bertz CT molecular complexity index is 718. The molecule has 7 nitrogen and oxygen atoms in total. The lowest BCUT2D eigenvalue weighted by Gasteiger charge is -2.31. The summed E-state index contributed by atoms with van der Waals surface area (Å²) in [5.41, 5.74) is 5.02. The van der Waals surface area contributed by atoms with Crippen LogP contribution in [0.3, 0.4) is 0 Å². The predicted octanol–water partition coefficient (Wildman–Crippen LogP) is 1.56. The number of nitriles is 1. The maximum absolute atomic E-state index is 11.1. The van der Waals surface area contributed by atoms with Crippen molar-refractivity contribution in [3.8, 4) is 6.07 Å². The van der Waals surface area contributed by atoms with Crippen molar-refractivity contribution in [3.63, 3.8) is 0 Å². The van der Waals surface area contributed by atoms with E-state index in [4.69, 9.17) is 5.11 Å². The highest BCUT2D eigenvalue weighted by atomic mass is 16.4. The van der Waals surface area contributed by atoms with Gasteiger partial charge in [-0.05, 0) is 18.9 Å². The average molecular weight is 285 g/mol. The zero-order valence-electron chi connectivity index (χ0n) is 11.3. The smallest absolute Gasteiger partial charge is 0.307 e. The Hall–Kier alpha value is -2.59. The Morgan fingerprint density at radius 2 is 2.48 bits per heavy atom. The molecule has 3 rings (SSSR count). The largest absolute Gasteiger partial charge is 0.481 e. The monoisotopic (exact) mass is 285 g/mol. The average Bonchev–Trinajstić information content (AvgIpc) is 2.96. The lowest BCUT2D eigenvalue weighted by atomic mass is 9.99. The molecular formula is C14H15N5O2. The fraction of sp³-hybridized carbons (Fsp3) is 0.357. The molecule has 2 aromatic rings. The molecule has 0 aromatic carbocycles. The van der Waals surface area contributed by atoms with Crippen LogP contribution in [-0.4, -0.2) is 39.1 Å². The fourth-order valence-electron chi connectivity index (χ4n) is 2.65. The predicted molar refractivity (Wildman–Crippen MR) is 76.4 cm³/mol. The molecule has 0 aliphatic carbocycles. The van der Waals surface area contributed by atoms with E-state index in [2.05, 4.69) is 21.5 Å². The van der Waals surface area contributed by atoms with Crippen LogP contribution in [0.15, 0.2) is 18.5 Å². The number of nitrogens with zero attached hydrogens (tertiary/aromatic N) is 3. The molecule has 21 heavy (non-hydrogen) atoms. The van der Waals surface area contributed by atoms with Crippen molar-refractivity contribution in [1.82, 2.24) is 15.0 Å². The molecule has 1 saturated heterocycles. The number of hydrazine groups is 1. The summed E-state index contributed by atoms with van der Waals surface area (Å²) in [6.45, 7) is 1.18. The number of hydrogen-bond acceptors (Lipinski definition) is 5. The van der Waals surface area contributed by atoms with Crippen molar-refractivity contribution in [1.29, 1.82) is 5.26 Å².